The van der Waals surface area contributed by atoms with Crippen LogP contribution in [-0.2, 0) is 11.2 Å². The molecule has 2 aromatic rings. The minimum Gasteiger partial charge on any atom is -0.294 e. The van der Waals surface area contributed by atoms with Gasteiger partial charge in [0, 0.05) is 18.4 Å². The van der Waals surface area contributed by atoms with Crippen LogP contribution in [0.25, 0.3) is 22.9 Å². The molecule has 0 bridgehead atoms. The standard InChI is InChI=1S/C17H12O2/c18-11-3-1-10-2-4-12-13-7-8-17(19)15(13)6-5-14(12)16(10)9-11/h1-2,4-6,9H,3,7-8H2. The molecule has 0 aliphatic heterocycles. The summed E-state index contributed by atoms with van der Waals surface area (Å²) < 4.78 is 0. The topological polar surface area (TPSA) is 34.1 Å². The van der Waals surface area contributed by atoms with Crippen molar-refractivity contribution in [2.45, 2.75) is 19.3 Å². The maximum absolute atomic E-state index is 11.8. The van der Waals surface area contributed by atoms with E-state index < -0.39 is 0 Å². The zero-order valence-electron chi connectivity index (χ0n) is 10.4. The summed E-state index contributed by atoms with van der Waals surface area (Å²) in [6, 6.07) is 8.05. The van der Waals surface area contributed by atoms with Crippen molar-refractivity contribution in [3.05, 3.63) is 45.8 Å². The van der Waals surface area contributed by atoms with Crippen molar-refractivity contribution in [3.63, 3.8) is 0 Å². The molecule has 19 heavy (non-hydrogen) atoms. The van der Waals surface area contributed by atoms with Crippen LogP contribution >= 0.6 is 0 Å². The number of hydrogen-bond donors (Lipinski definition) is 0. The van der Waals surface area contributed by atoms with Crippen molar-refractivity contribution in [3.8, 4) is 0 Å². The molecular formula is C17H12O2. The van der Waals surface area contributed by atoms with Gasteiger partial charge in [0.25, 0.3) is 0 Å². The van der Waals surface area contributed by atoms with E-state index in [0.29, 0.717) is 12.8 Å². The maximum atomic E-state index is 11.8. The molecule has 0 amide bonds. The van der Waals surface area contributed by atoms with Crippen LogP contribution in [0.15, 0.2) is 24.3 Å². The highest BCUT2D eigenvalue weighted by molar-refractivity contribution is 6.12. The average molecular weight is 248 g/mol. The lowest BCUT2D eigenvalue weighted by atomic mass is 9.96. The van der Waals surface area contributed by atoms with Gasteiger partial charge in [-0.15, -0.1) is 0 Å². The fourth-order valence-electron chi connectivity index (χ4n) is 3.18. The largest absolute Gasteiger partial charge is 0.294 e. The lowest BCUT2D eigenvalue weighted by Crippen LogP contribution is -2.29. The summed E-state index contributed by atoms with van der Waals surface area (Å²) in [6.07, 6.45) is 5.64. The van der Waals surface area contributed by atoms with Gasteiger partial charge in [-0.1, -0.05) is 30.3 Å². The number of Topliss-reactive ketones (excluding diaryl/α,β-unsaturated/α-hetero) is 2. The molecule has 0 N–H and O–H groups in total. The molecule has 0 radical (unpaired) electrons. The first-order chi connectivity index (χ1) is 9.24. The number of hydrogen-bond acceptors (Lipinski definition) is 2. The predicted molar refractivity (Wildman–Crippen MR) is 74.4 cm³/mol. The summed E-state index contributed by atoms with van der Waals surface area (Å²) in [6.45, 7) is 0. The first kappa shape index (κ1) is 10.7. The zero-order valence-corrected chi connectivity index (χ0v) is 10.4. The molecule has 0 saturated heterocycles. The summed E-state index contributed by atoms with van der Waals surface area (Å²) in [5, 5.41) is 4.35. The molecule has 0 fully saturated rings. The van der Waals surface area contributed by atoms with Gasteiger partial charge in [-0.05, 0) is 39.3 Å². The molecule has 2 heteroatoms. The van der Waals surface area contributed by atoms with Crippen molar-refractivity contribution >= 4 is 34.5 Å². The molecule has 0 unspecified atom stereocenters. The first-order valence-corrected chi connectivity index (χ1v) is 6.56. The van der Waals surface area contributed by atoms with Crippen molar-refractivity contribution in [1.29, 1.82) is 0 Å². The molecule has 2 aromatic carbocycles. The third-order valence-corrected chi connectivity index (χ3v) is 4.12. The summed E-state index contributed by atoms with van der Waals surface area (Å²) in [7, 11) is 0. The van der Waals surface area contributed by atoms with E-state index in [9.17, 15) is 9.59 Å². The number of ketones is 2. The van der Waals surface area contributed by atoms with Gasteiger partial charge in [0.2, 0.25) is 0 Å². The SMILES string of the molecule is O=C1C=c2c(ccc3c4c(ccc23)C(=O)CC4)=CC1. The highest BCUT2D eigenvalue weighted by atomic mass is 16.1. The third kappa shape index (κ3) is 1.43. The number of rotatable bonds is 0. The minimum absolute atomic E-state index is 0.150. The lowest BCUT2D eigenvalue weighted by Gasteiger charge is -2.08. The Morgan fingerprint density at radius 2 is 1.74 bits per heavy atom. The number of carbonyl (C=O) groups excluding carboxylic acids is 2. The highest BCUT2D eigenvalue weighted by Crippen LogP contribution is 2.28. The van der Waals surface area contributed by atoms with Crippen LogP contribution in [0.4, 0.5) is 0 Å². The highest BCUT2D eigenvalue weighted by Gasteiger charge is 2.21. The van der Waals surface area contributed by atoms with Crippen LogP contribution in [0.2, 0.25) is 0 Å². The van der Waals surface area contributed by atoms with Gasteiger partial charge in [0.05, 0.1) is 0 Å². The smallest absolute Gasteiger partial charge is 0.163 e. The van der Waals surface area contributed by atoms with Crippen molar-refractivity contribution in [2.24, 2.45) is 0 Å². The Bertz CT molecular complexity index is 872. The van der Waals surface area contributed by atoms with Gasteiger partial charge in [0.15, 0.2) is 11.6 Å². The molecule has 0 heterocycles. The van der Waals surface area contributed by atoms with Gasteiger partial charge in [-0.25, -0.2) is 0 Å². The third-order valence-electron chi connectivity index (χ3n) is 4.12. The molecule has 92 valence electrons. The van der Waals surface area contributed by atoms with E-state index in [1.807, 2.05) is 18.2 Å². The fourth-order valence-corrected chi connectivity index (χ4v) is 3.18. The van der Waals surface area contributed by atoms with E-state index in [2.05, 4.69) is 12.1 Å². The van der Waals surface area contributed by atoms with E-state index in [-0.39, 0.29) is 11.6 Å². The molecule has 0 atom stereocenters. The number of carbonyl (C=O) groups is 2. The van der Waals surface area contributed by atoms with Crippen LogP contribution in [0.5, 0.6) is 0 Å². The van der Waals surface area contributed by atoms with E-state index >= 15 is 0 Å². The average Bonchev–Trinajstić information content (AvgIpc) is 2.80. The van der Waals surface area contributed by atoms with Crippen LogP contribution < -0.4 is 10.4 Å². The first-order valence-electron chi connectivity index (χ1n) is 6.56. The van der Waals surface area contributed by atoms with Gasteiger partial charge in [0.1, 0.15) is 0 Å². The van der Waals surface area contributed by atoms with Crippen LogP contribution in [0.1, 0.15) is 28.8 Å². The summed E-state index contributed by atoms with van der Waals surface area (Å²) in [5.41, 5.74) is 2.01. The summed E-state index contributed by atoms with van der Waals surface area (Å²) in [5.74, 6) is 0.387. The Morgan fingerprint density at radius 3 is 2.63 bits per heavy atom. The molecule has 0 aromatic heterocycles. The molecule has 0 saturated carbocycles. The quantitative estimate of drug-likeness (QED) is 0.708. The monoisotopic (exact) mass is 248 g/mol. The lowest BCUT2D eigenvalue weighted by molar-refractivity contribution is -0.112. The van der Waals surface area contributed by atoms with Crippen molar-refractivity contribution in [2.75, 3.05) is 0 Å². The minimum atomic E-state index is 0.150. The Labute approximate surface area is 110 Å². The van der Waals surface area contributed by atoms with Crippen molar-refractivity contribution in [1.82, 2.24) is 0 Å². The molecule has 4 rings (SSSR count). The Hall–Kier alpha value is -2.22. The molecule has 2 aliphatic carbocycles. The predicted octanol–water partition coefficient (Wildman–Crippen LogP) is 1.50. The van der Waals surface area contributed by atoms with Crippen molar-refractivity contribution < 1.29 is 9.59 Å². The summed E-state index contributed by atoms with van der Waals surface area (Å²) >= 11 is 0. The van der Waals surface area contributed by atoms with E-state index in [0.717, 1.165) is 38.8 Å². The zero-order chi connectivity index (χ0) is 13.0. The van der Waals surface area contributed by atoms with Gasteiger partial charge >= 0.3 is 0 Å². The van der Waals surface area contributed by atoms with Gasteiger partial charge in [-0.2, -0.15) is 0 Å². The second kappa shape index (κ2) is 3.64. The van der Waals surface area contributed by atoms with E-state index in [1.165, 1.54) is 0 Å². The van der Waals surface area contributed by atoms with E-state index in [1.54, 1.807) is 6.08 Å². The summed E-state index contributed by atoms with van der Waals surface area (Å²) in [4.78, 5) is 23.4. The van der Waals surface area contributed by atoms with Gasteiger partial charge < -0.3 is 0 Å². The second-order valence-corrected chi connectivity index (χ2v) is 5.20. The number of aryl methyl sites for hydroxylation is 1. The maximum Gasteiger partial charge on any atom is 0.163 e. The van der Waals surface area contributed by atoms with Crippen LogP contribution in [-0.4, -0.2) is 11.6 Å². The Morgan fingerprint density at radius 1 is 0.895 bits per heavy atom. The Kier molecular flexibility index (Phi) is 2.05. The molecule has 2 nitrogen and oxygen atoms in total. The molecular weight excluding hydrogens is 236 g/mol. The normalized spacial score (nSPS) is 16.8. The van der Waals surface area contributed by atoms with E-state index in [4.69, 9.17) is 0 Å². The molecule has 2 aliphatic rings. The fraction of sp³-hybridized carbons (Fsp3) is 0.176. The number of benzene rings is 2. The van der Waals surface area contributed by atoms with Crippen LogP contribution in [0, 0.1) is 0 Å². The molecule has 0 spiro atoms. The van der Waals surface area contributed by atoms with Crippen LogP contribution in [0.3, 0.4) is 0 Å². The van der Waals surface area contributed by atoms with Gasteiger partial charge in [-0.3, -0.25) is 9.59 Å². The number of fused-ring (bicyclic) bond motifs is 5. The second-order valence-electron chi connectivity index (χ2n) is 5.20. The Balaban J connectivity index is 2.20.